The van der Waals surface area contributed by atoms with Gasteiger partial charge < -0.3 is 0 Å². The van der Waals surface area contributed by atoms with E-state index in [-0.39, 0.29) is 5.82 Å². The van der Waals surface area contributed by atoms with Gasteiger partial charge in [0.2, 0.25) is 0 Å². The quantitative estimate of drug-likeness (QED) is 0.184. The number of hydrogen-bond acceptors (Lipinski definition) is 0. The van der Waals surface area contributed by atoms with Crippen LogP contribution in [0.1, 0.15) is 92.5 Å². The van der Waals surface area contributed by atoms with Crippen LogP contribution >= 0.6 is 0 Å². The van der Waals surface area contributed by atoms with Crippen LogP contribution in [0.15, 0.2) is 84.9 Å². The minimum atomic E-state index is -0.115. The van der Waals surface area contributed by atoms with Crippen molar-refractivity contribution in [1.29, 1.82) is 0 Å². The maximum absolute atomic E-state index is 14.8. The normalized spacial score (nSPS) is 19.0. The molecule has 0 bridgehead atoms. The van der Waals surface area contributed by atoms with Crippen molar-refractivity contribution >= 4 is 12.2 Å². The van der Waals surface area contributed by atoms with Gasteiger partial charge in [0, 0.05) is 5.56 Å². The highest BCUT2D eigenvalue weighted by Gasteiger charge is 2.23. The standard InChI is InChI=1S/C36H43F/c1-3-4-6-9-29-12-14-31(15-13-29)22-24-35-25-23-33(27-36(35)37)21-18-30-16-19-32(20-17-30)26-28(2)34-10-7-5-8-11-34/h3-5,7-8,10-15,22-25,27-28,30,32H,6,9,16-21,26H2,1-2H3/b4-3+,24-22?/t28-,30?,32?/m1/s1. The second kappa shape index (κ2) is 14.1. The van der Waals surface area contributed by atoms with Crippen molar-refractivity contribution in [2.24, 2.45) is 11.8 Å². The molecule has 0 saturated heterocycles. The van der Waals surface area contributed by atoms with E-state index in [9.17, 15) is 4.39 Å². The Morgan fingerprint density at radius 3 is 2.22 bits per heavy atom. The second-order valence-corrected chi connectivity index (χ2v) is 11.0. The number of hydrogen-bond donors (Lipinski definition) is 0. The van der Waals surface area contributed by atoms with E-state index >= 15 is 0 Å². The first-order chi connectivity index (χ1) is 18.1. The summed E-state index contributed by atoms with van der Waals surface area (Å²) >= 11 is 0. The van der Waals surface area contributed by atoms with Crippen LogP contribution in [0.5, 0.6) is 0 Å². The molecule has 194 valence electrons. The molecule has 0 radical (unpaired) electrons. The third-order valence-corrected chi connectivity index (χ3v) is 8.20. The van der Waals surface area contributed by atoms with Crippen molar-refractivity contribution in [3.05, 3.63) is 119 Å². The summed E-state index contributed by atoms with van der Waals surface area (Å²) in [5.74, 6) is 2.16. The Labute approximate surface area is 224 Å². The van der Waals surface area contributed by atoms with Crippen molar-refractivity contribution in [3.63, 3.8) is 0 Å². The van der Waals surface area contributed by atoms with Gasteiger partial charge in [0.05, 0.1) is 0 Å². The van der Waals surface area contributed by atoms with Gasteiger partial charge in [-0.3, -0.25) is 0 Å². The Balaban J connectivity index is 1.21. The zero-order chi connectivity index (χ0) is 25.9. The number of benzene rings is 3. The number of aryl methyl sites for hydroxylation is 2. The van der Waals surface area contributed by atoms with Crippen molar-refractivity contribution in [1.82, 2.24) is 0 Å². The van der Waals surface area contributed by atoms with Crippen molar-refractivity contribution in [2.75, 3.05) is 0 Å². The van der Waals surface area contributed by atoms with E-state index in [4.69, 9.17) is 0 Å². The van der Waals surface area contributed by atoms with E-state index in [1.165, 1.54) is 49.7 Å². The molecule has 3 aromatic rings. The summed E-state index contributed by atoms with van der Waals surface area (Å²) in [6.07, 6.45) is 19.1. The molecule has 1 heteroatoms. The molecule has 1 aliphatic carbocycles. The molecular formula is C36H43F. The van der Waals surface area contributed by atoms with Gasteiger partial charge in [-0.2, -0.15) is 0 Å². The van der Waals surface area contributed by atoms with Gasteiger partial charge in [-0.15, -0.1) is 0 Å². The van der Waals surface area contributed by atoms with Gasteiger partial charge in [0.15, 0.2) is 0 Å². The van der Waals surface area contributed by atoms with Crippen LogP contribution in [0.3, 0.4) is 0 Å². The molecule has 0 unspecified atom stereocenters. The lowest BCUT2D eigenvalue weighted by Crippen LogP contribution is -2.17. The molecule has 4 rings (SSSR count). The lowest BCUT2D eigenvalue weighted by Gasteiger charge is -2.30. The highest BCUT2D eigenvalue weighted by atomic mass is 19.1. The fourth-order valence-electron chi connectivity index (χ4n) is 5.80. The van der Waals surface area contributed by atoms with E-state index < -0.39 is 0 Å². The lowest BCUT2D eigenvalue weighted by atomic mass is 9.75. The Kier molecular flexibility index (Phi) is 10.4. The Hall–Kier alpha value is -2.93. The first kappa shape index (κ1) is 27.1. The Bertz CT molecular complexity index is 1130. The first-order valence-electron chi connectivity index (χ1n) is 14.3. The van der Waals surface area contributed by atoms with Crippen molar-refractivity contribution < 1.29 is 4.39 Å². The van der Waals surface area contributed by atoms with Crippen LogP contribution in [0.25, 0.3) is 12.2 Å². The molecule has 0 aromatic heterocycles. The summed E-state index contributed by atoms with van der Waals surface area (Å²) in [5, 5.41) is 0. The highest BCUT2D eigenvalue weighted by Crippen LogP contribution is 2.37. The van der Waals surface area contributed by atoms with Crippen LogP contribution < -0.4 is 0 Å². The maximum Gasteiger partial charge on any atom is 0.130 e. The van der Waals surface area contributed by atoms with Crippen LogP contribution in [-0.2, 0) is 12.8 Å². The monoisotopic (exact) mass is 494 g/mol. The highest BCUT2D eigenvalue weighted by molar-refractivity contribution is 5.70. The maximum atomic E-state index is 14.8. The SMILES string of the molecule is C/C=C/CCc1ccc(C=Cc2ccc(CCC3CCC(C[C@@H](C)c4ccccc4)CC3)cc2F)cc1. The topological polar surface area (TPSA) is 0 Å². The molecular weight excluding hydrogens is 451 g/mol. The predicted molar refractivity (Wildman–Crippen MR) is 158 cm³/mol. The lowest BCUT2D eigenvalue weighted by molar-refractivity contribution is 0.245. The van der Waals surface area contributed by atoms with Gasteiger partial charge in [-0.25, -0.2) is 4.39 Å². The number of rotatable bonds is 11. The van der Waals surface area contributed by atoms with E-state index in [1.807, 2.05) is 18.2 Å². The molecule has 0 spiro atoms. The minimum absolute atomic E-state index is 0.115. The number of halogens is 1. The second-order valence-electron chi connectivity index (χ2n) is 11.0. The van der Waals surface area contributed by atoms with Gasteiger partial charge >= 0.3 is 0 Å². The largest absolute Gasteiger partial charge is 0.206 e. The van der Waals surface area contributed by atoms with E-state index in [2.05, 4.69) is 86.7 Å². The van der Waals surface area contributed by atoms with Gasteiger partial charge in [-0.1, -0.05) is 124 Å². The molecule has 37 heavy (non-hydrogen) atoms. The number of allylic oxidation sites excluding steroid dienone is 2. The Morgan fingerprint density at radius 1 is 0.811 bits per heavy atom. The summed E-state index contributed by atoms with van der Waals surface area (Å²) in [6, 6.07) is 25.3. The smallest absolute Gasteiger partial charge is 0.130 e. The fraction of sp³-hybridized carbons (Fsp3) is 0.389. The van der Waals surface area contributed by atoms with Gasteiger partial charge in [0.25, 0.3) is 0 Å². The molecule has 1 atom stereocenters. The summed E-state index contributed by atoms with van der Waals surface area (Å²) in [4.78, 5) is 0. The van der Waals surface area contributed by atoms with Crippen molar-refractivity contribution in [2.45, 2.75) is 77.6 Å². The molecule has 0 amide bonds. The zero-order valence-corrected chi connectivity index (χ0v) is 22.7. The average Bonchev–Trinajstić information content (AvgIpc) is 2.93. The fourth-order valence-corrected chi connectivity index (χ4v) is 5.80. The molecule has 1 aliphatic rings. The molecule has 0 heterocycles. The molecule has 1 saturated carbocycles. The zero-order valence-electron chi connectivity index (χ0n) is 22.7. The minimum Gasteiger partial charge on any atom is -0.206 e. The molecule has 1 fully saturated rings. The van der Waals surface area contributed by atoms with E-state index in [1.54, 1.807) is 6.07 Å². The average molecular weight is 495 g/mol. The molecule has 0 N–H and O–H groups in total. The van der Waals surface area contributed by atoms with Crippen molar-refractivity contribution in [3.8, 4) is 0 Å². The predicted octanol–water partition coefficient (Wildman–Crippen LogP) is 10.4. The Morgan fingerprint density at radius 2 is 1.51 bits per heavy atom. The summed E-state index contributed by atoms with van der Waals surface area (Å²) in [6.45, 7) is 4.43. The van der Waals surface area contributed by atoms with Gasteiger partial charge in [-0.05, 0) is 85.1 Å². The van der Waals surface area contributed by atoms with Crippen LogP contribution in [0, 0.1) is 17.7 Å². The van der Waals surface area contributed by atoms with Crippen LogP contribution in [-0.4, -0.2) is 0 Å². The molecule has 0 nitrogen and oxygen atoms in total. The molecule has 0 aliphatic heterocycles. The van der Waals surface area contributed by atoms with E-state index in [0.717, 1.165) is 42.2 Å². The van der Waals surface area contributed by atoms with Crippen LogP contribution in [0.2, 0.25) is 0 Å². The van der Waals surface area contributed by atoms with Crippen LogP contribution in [0.4, 0.5) is 4.39 Å². The molecule has 3 aromatic carbocycles. The summed E-state index contributed by atoms with van der Waals surface area (Å²) in [7, 11) is 0. The summed E-state index contributed by atoms with van der Waals surface area (Å²) < 4.78 is 14.8. The summed E-state index contributed by atoms with van der Waals surface area (Å²) in [5.41, 5.74) is 5.69. The third-order valence-electron chi connectivity index (χ3n) is 8.20. The van der Waals surface area contributed by atoms with E-state index in [0.29, 0.717) is 11.5 Å². The third kappa shape index (κ3) is 8.56. The van der Waals surface area contributed by atoms with Gasteiger partial charge in [0.1, 0.15) is 5.82 Å². The first-order valence-corrected chi connectivity index (χ1v) is 14.3.